The number of carboxylic acid groups (broad SMARTS) is 2. The number of hydrogen-bond acceptors (Lipinski definition) is 5. The first-order valence-corrected chi connectivity index (χ1v) is 7.65. The SMILES string of the molecule is NS(=O)(=O)C1CC(=O)N(c2cc(C(=O)O)ccc2C(=O)O)C1. The van der Waals surface area contributed by atoms with Crippen molar-refractivity contribution in [2.45, 2.75) is 11.7 Å². The minimum atomic E-state index is -3.96. The molecular formula is C12H12N2O7S. The molecule has 1 aliphatic heterocycles. The number of nitrogens with two attached hydrogens (primary N) is 1. The first-order valence-electron chi connectivity index (χ1n) is 6.04. The molecule has 1 fully saturated rings. The largest absolute Gasteiger partial charge is 0.478 e. The van der Waals surface area contributed by atoms with Gasteiger partial charge in [-0.15, -0.1) is 0 Å². The quantitative estimate of drug-likeness (QED) is 0.671. The second kappa shape index (κ2) is 5.39. The molecule has 1 atom stereocenters. The van der Waals surface area contributed by atoms with Crippen LogP contribution in [0.5, 0.6) is 0 Å². The van der Waals surface area contributed by atoms with Crippen LogP contribution in [0.1, 0.15) is 27.1 Å². The molecule has 1 heterocycles. The van der Waals surface area contributed by atoms with Crippen molar-refractivity contribution in [3.05, 3.63) is 29.3 Å². The summed E-state index contributed by atoms with van der Waals surface area (Å²) in [5.41, 5.74) is -0.677. The van der Waals surface area contributed by atoms with Gasteiger partial charge in [0.1, 0.15) is 5.25 Å². The number of aromatic carboxylic acids is 2. The molecule has 10 heteroatoms. The van der Waals surface area contributed by atoms with Crippen molar-refractivity contribution in [3.63, 3.8) is 0 Å². The van der Waals surface area contributed by atoms with E-state index < -0.39 is 33.1 Å². The fourth-order valence-electron chi connectivity index (χ4n) is 2.20. The zero-order valence-corrected chi connectivity index (χ0v) is 11.9. The van der Waals surface area contributed by atoms with Crippen molar-refractivity contribution in [2.24, 2.45) is 5.14 Å². The van der Waals surface area contributed by atoms with Crippen LogP contribution >= 0.6 is 0 Å². The summed E-state index contributed by atoms with van der Waals surface area (Å²) in [5.74, 6) is -3.30. The van der Waals surface area contributed by atoms with Crippen LogP contribution in [0.15, 0.2) is 18.2 Å². The van der Waals surface area contributed by atoms with Crippen LogP contribution < -0.4 is 10.0 Å². The standard InChI is InChI=1S/C12H12N2O7S/c13-22(20,21)7-4-10(15)14(5-7)9-3-6(11(16)17)1-2-8(9)12(18)19/h1-3,7H,4-5H2,(H,16,17)(H,18,19)(H2,13,20,21). The van der Waals surface area contributed by atoms with E-state index in [1.54, 1.807) is 0 Å². The Hall–Kier alpha value is -2.46. The van der Waals surface area contributed by atoms with Gasteiger partial charge in [0.2, 0.25) is 15.9 Å². The fraction of sp³-hybridized carbons (Fsp3) is 0.250. The summed E-state index contributed by atoms with van der Waals surface area (Å²) in [6.45, 7) is -0.318. The molecule has 1 aromatic rings. The molecule has 0 aromatic heterocycles. The third kappa shape index (κ3) is 2.92. The molecule has 4 N–H and O–H groups in total. The minimum Gasteiger partial charge on any atom is -0.478 e. The Balaban J connectivity index is 2.51. The molecule has 0 aliphatic carbocycles. The maximum Gasteiger partial charge on any atom is 0.337 e. The number of carboxylic acids is 2. The summed E-state index contributed by atoms with van der Waals surface area (Å²) < 4.78 is 22.7. The van der Waals surface area contributed by atoms with Gasteiger partial charge in [0.05, 0.1) is 16.8 Å². The van der Waals surface area contributed by atoms with Crippen molar-refractivity contribution in [1.82, 2.24) is 0 Å². The zero-order chi connectivity index (χ0) is 16.7. The summed E-state index contributed by atoms with van der Waals surface area (Å²) in [4.78, 5) is 35.1. The van der Waals surface area contributed by atoms with E-state index in [9.17, 15) is 22.8 Å². The number of anilines is 1. The number of hydrogen-bond donors (Lipinski definition) is 3. The third-order valence-electron chi connectivity index (χ3n) is 3.32. The average Bonchev–Trinajstić information content (AvgIpc) is 2.79. The molecule has 0 radical (unpaired) electrons. The Bertz CT molecular complexity index is 772. The lowest BCUT2D eigenvalue weighted by Crippen LogP contribution is -2.32. The van der Waals surface area contributed by atoms with Crippen LogP contribution in [0.3, 0.4) is 0 Å². The van der Waals surface area contributed by atoms with Crippen molar-refractivity contribution in [3.8, 4) is 0 Å². The van der Waals surface area contributed by atoms with Gasteiger partial charge in [-0.05, 0) is 18.2 Å². The molecular weight excluding hydrogens is 316 g/mol. The van der Waals surface area contributed by atoms with E-state index >= 15 is 0 Å². The van der Waals surface area contributed by atoms with Crippen LogP contribution in [0, 0.1) is 0 Å². The molecule has 9 nitrogen and oxygen atoms in total. The summed E-state index contributed by atoms with van der Waals surface area (Å²) in [6, 6.07) is 3.17. The Morgan fingerprint density at radius 3 is 2.32 bits per heavy atom. The van der Waals surface area contributed by atoms with Gasteiger partial charge in [0, 0.05) is 13.0 Å². The number of amides is 1. The van der Waals surface area contributed by atoms with Crippen molar-refractivity contribution in [1.29, 1.82) is 0 Å². The van der Waals surface area contributed by atoms with Gasteiger partial charge < -0.3 is 15.1 Å². The number of primary sulfonamides is 1. The van der Waals surface area contributed by atoms with Gasteiger partial charge in [0.25, 0.3) is 0 Å². The van der Waals surface area contributed by atoms with Crippen LogP contribution in [-0.4, -0.2) is 48.3 Å². The molecule has 1 aromatic carbocycles. The smallest absolute Gasteiger partial charge is 0.337 e. The van der Waals surface area contributed by atoms with E-state index in [0.717, 1.165) is 23.1 Å². The van der Waals surface area contributed by atoms with E-state index in [0.29, 0.717) is 0 Å². The van der Waals surface area contributed by atoms with E-state index in [2.05, 4.69) is 0 Å². The van der Waals surface area contributed by atoms with Crippen molar-refractivity contribution >= 4 is 33.6 Å². The fourth-order valence-corrected chi connectivity index (χ4v) is 2.93. The highest BCUT2D eigenvalue weighted by Crippen LogP contribution is 2.28. The topological polar surface area (TPSA) is 155 Å². The van der Waals surface area contributed by atoms with E-state index in [1.807, 2.05) is 0 Å². The van der Waals surface area contributed by atoms with E-state index in [1.165, 1.54) is 0 Å². The number of benzene rings is 1. The number of carbonyl (C=O) groups is 3. The first-order chi connectivity index (χ1) is 10.1. The third-order valence-corrected chi connectivity index (χ3v) is 4.57. The molecule has 1 aliphatic rings. The van der Waals surface area contributed by atoms with Crippen molar-refractivity contribution in [2.75, 3.05) is 11.4 Å². The number of carbonyl (C=O) groups excluding carboxylic acids is 1. The molecule has 0 spiro atoms. The molecule has 0 saturated carbocycles. The second-order valence-corrected chi connectivity index (χ2v) is 6.61. The number of sulfonamides is 1. The maximum absolute atomic E-state index is 12.0. The van der Waals surface area contributed by atoms with Gasteiger partial charge in [-0.25, -0.2) is 23.1 Å². The maximum atomic E-state index is 12.0. The minimum absolute atomic E-state index is 0.163. The molecule has 22 heavy (non-hydrogen) atoms. The molecule has 1 unspecified atom stereocenters. The lowest BCUT2D eigenvalue weighted by Gasteiger charge is -2.19. The molecule has 1 saturated heterocycles. The summed E-state index contributed by atoms with van der Waals surface area (Å²) in [6.07, 6.45) is -0.380. The lowest BCUT2D eigenvalue weighted by molar-refractivity contribution is -0.117. The predicted octanol–water partition coefficient (Wildman–Crippen LogP) is -0.523. The van der Waals surface area contributed by atoms with Crippen LogP contribution in [0.2, 0.25) is 0 Å². The first kappa shape index (κ1) is 15.9. The van der Waals surface area contributed by atoms with Crippen molar-refractivity contribution < 1.29 is 33.0 Å². The lowest BCUT2D eigenvalue weighted by atomic mass is 10.1. The Morgan fingerprint density at radius 2 is 1.86 bits per heavy atom. The van der Waals surface area contributed by atoms with Crippen LogP contribution in [0.4, 0.5) is 5.69 Å². The highest BCUT2D eigenvalue weighted by atomic mass is 32.2. The zero-order valence-electron chi connectivity index (χ0n) is 11.1. The summed E-state index contributed by atoms with van der Waals surface area (Å²) in [7, 11) is -3.96. The monoisotopic (exact) mass is 328 g/mol. The van der Waals surface area contributed by atoms with Crippen LogP contribution in [-0.2, 0) is 14.8 Å². The van der Waals surface area contributed by atoms with Gasteiger partial charge in [0.15, 0.2) is 0 Å². The average molecular weight is 328 g/mol. The Morgan fingerprint density at radius 1 is 1.23 bits per heavy atom. The van der Waals surface area contributed by atoms with Gasteiger partial charge >= 0.3 is 11.9 Å². The van der Waals surface area contributed by atoms with Gasteiger partial charge in [-0.2, -0.15) is 0 Å². The predicted molar refractivity (Wildman–Crippen MR) is 74.2 cm³/mol. The number of nitrogens with zero attached hydrogens (tertiary/aromatic N) is 1. The molecule has 2 rings (SSSR count). The molecule has 118 valence electrons. The normalized spacial score (nSPS) is 18.5. The highest BCUT2D eigenvalue weighted by Gasteiger charge is 2.38. The Labute approximate surface area is 125 Å². The summed E-state index contributed by atoms with van der Waals surface area (Å²) >= 11 is 0. The number of rotatable bonds is 4. The second-order valence-electron chi connectivity index (χ2n) is 4.76. The summed E-state index contributed by atoms with van der Waals surface area (Å²) in [5, 5.41) is 21.9. The van der Waals surface area contributed by atoms with E-state index in [-0.39, 0.29) is 29.8 Å². The highest BCUT2D eigenvalue weighted by molar-refractivity contribution is 7.89. The molecule has 1 amide bonds. The van der Waals surface area contributed by atoms with Gasteiger partial charge in [-0.1, -0.05) is 0 Å². The molecule has 0 bridgehead atoms. The van der Waals surface area contributed by atoms with Crippen LogP contribution in [0.25, 0.3) is 0 Å². The van der Waals surface area contributed by atoms with E-state index in [4.69, 9.17) is 15.4 Å². The Kier molecular flexibility index (Phi) is 3.90. The van der Waals surface area contributed by atoms with Gasteiger partial charge in [-0.3, -0.25) is 4.79 Å².